The fourth-order valence-electron chi connectivity index (χ4n) is 2.37. The first-order chi connectivity index (χ1) is 9.05. The molecule has 0 amide bonds. The van der Waals surface area contributed by atoms with Gasteiger partial charge in [0, 0.05) is 5.39 Å². The van der Waals surface area contributed by atoms with Gasteiger partial charge in [-0.05, 0) is 11.5 Å². The Morgan fingerprint density at radius 3 is 2.53 bits per heavy atom. The molecule has 3 rings (SSSR count). The second-order valence-corrected chi connectivity index (χ2v) is 6.93. The first-order valence-corrected chi connectivity index (χ1v) is 7.90. The van der Waals surface area contributed by atoms with E-state index in [0.29, 0.717) is 5.75 Å². The van der Waals surface area contributed by atoms with Crippen molar-refractivity contribution in [2.75, 3.05) is 11.5 Å². The zero-order chi connectivity index (χ0) is 13.5. The number of aliphatic hydroxyl groups is 1. The van der Waals surface area contributed by atoms with Gasteiger partial charge in [0.2, 0.25) is 0 Å². The van der Waals surface area contributed by atoms with Crippen molar-refractivity contribution >= 4 is 20.6 Å². The van der Waals surface area contributed by atoms with E-state index in [0.717, 1.165) is 10.8 Å². The van der Waals surface area contributed by atoms with E-state index in [1.54, 1.807) is 6.07 Å². The fourth-order valence-corrected chi connectivity index (χ4v) is 4.03. The lowest BCUT2D eigenvalue weighted by Gasteiger charge is -2.17. The molecule has 5 heteroatoms. The second-order valence-electron chi connectivity index (χ2n) is 4.78. The summed E-state index contributed by atoms with van der Waals surface area (Å²) < 4.78 is 28.6. The first kappa shape index (κ1) is 12.4. The molecule has 4 nitrogen and oxygen atoms in total. The standard InChI is InChI=1S/C14H14O4S/c15-12-8-19(16,17)9-14(12)18-13-7-3-5-10-4-1-2-6-11(10)13/h1-7,12,14-15H,8-9H2. The zero-order valence-corrected chi connectivity index (χ0v) is 11.0. The average molecular weight is 278 g/mol. The molecule has 1 N–H and O–H groups in total. The maximum Gasteiger partial charge on any atom is 0.156 e. The third-order valence-corrected chi connectivity index (χ3v) is 4.99. The van der Waals surface area contributed by atoms with Crippen molar-refractivity contribution in [3.63, 3.8) is 0 Å². The summed E-state index contributed by atoms with van der Waals surface area (Å²) in [6, 6.07) is 13.3. The van der Waals surface area contributed by atoms with E-state index < -0.39 is 22.0 Å². The SMILES string of the molecule is O=S1(=O)CC(O)C(Oc2cccc3ccccc23)C1. The Morgan fingerprint density at radius 2 is 1.79 bits per heavy atom. The van der Waals surface area contributed by atoms with Gasteiger partial charge in [-0.15, -0.1) is 0 Å². The Labute approximate surface area is 111 Å². The van der Waals surface area contributed by atoms with E-state index in [9.17, 15) is 13.5 Å². The average Bonchev–Trinajstić information content (AvgIpc) is 2.63. The number of rotatable bonds is 2. The van der Waals surface area contributed by atoms with Gasteiger partial charge in [0.25, 0.3) is 0 Å². The Balaban J connectivity index is 1.94. The van der Waals surface area contributed by atoms with E-state index in [2.05, 4.69) is 0 Å². The van der Waals surface area contributed by atoms with Gasteiger partial charge >= 0.3 is 0 Å². The second kappa shape index (κ2) is 4.51. The lowest BCUT2D eigenvalue weighted by molar-refractivity contribution is 0.0748. The summed E-state index contributed by atoms with van der Waals surface area (Å²) in [6.45, 7) is 0. The van der Waals surface area contributed by atoms with Gasteiger partial charge in [-0.3, -0.25) is 0 Å². The molecule has 0 saturated carbocycles. The highest BCUT2D eigenvalue weighted by molar-refractivity contribution is 7.91. The molecule has 100 valence electrons. The van der Waals surface area contributed by atoms with E-state index in [1.165, 1.54) is 0 Å². The van der Waals surface area contributed by atoms with Crippen molar-refractivity contribution in [2.24, 2.45) is 0 Å². The van der Waals surface area contributed by atoms with Crippen molar-refractivity contribution in [1.82, 2.24) is 0 Å². The molecule has 2 atom stereocenters. The molecule has 0 radical (unpaired) electrons. The van der Waals surface area contributed by atoms with Crippen molar-refractivity contribution in [2.45, 2.75) is 12.2 Å². The molecule has 2 aromatic rings. The van der Waals surface area contributed by atoms with Gasteiger partial charge in [0.1, 0.15) is 18.0 Å². The smallest absolute Gasteiger partial charge is 0.156 e. The quantitative estimate of drug-likeness (QED) is 0.901. The zero-order valence-electron chi connectivity index (χ0n) is 10.2. The number of fused-ring (bicyclic) bond motifs is 1. The molecule has 0 bridgehead atoms. The third kappa shape index (κ3) is 2.43. The van der Waals surface area contributed by atoms with Crippen LogP contribution in [0.2, 0.25) is 0 Å². The van der Waals surface area contributed by atoms with E-state index >= 15 is 0 Å². The summed E-state index contributed by atoms with van der Waals surface area (Å²) in [5.74, 6) is 0.263. The van der Waals surface area contributed by atoms with E-state index in [1.807, 2.05) is 36.4 Å². The number of aliphatic hydroxyl groups excluding tert-OH is 1. The van der Waals surface area contributed by atoms with Crippen LogP contribution in [-0.4, -0.2) is 37.2 Å². The van der Waals surface area contributed by atoms with Crippen LogP contribution in [0.25, 0.3) is 10.8 Å². The number of hydrogen-bond donors (Lipinski definition) is 1. The molecular weight excluding hydrogens is 264 g/mol. The van der Waals surface area contributed by atoms with Crippen LogP contribution in [0.15, 0.2) is 42.5 Å². The summed E-state index contributed by atoms with van der Waals surface area (Å²) in [5, 5.41) is 11.7. The van der Waals surface area contributed by atoms with Gasteiger partial charge in [0.15, 0.2) is 9.84 Å². The molecule has 1 heterocycles. The van der Waals surface area contributed by atoms with Crippen molar-refractivity contribution in [3.05, 3.63) is 42.5 Å². The van der Waals surface area contributed by atoms with E-state index in [-0.39, 0.29) is 11.5 Å². The minimum Gasteiger partial charge on any atom is -0.486 e. The molecule has 0 aromatic heterocycles. The summed E-state index contributed by atoms with van der Waals surface area (Å²) >= 11 is 0. The summed E-state index contributed by atoms with van der Waals surface area (Å²) in [6.07, 6.45) is -1.64. The molecule has 2 unspecified atom stereocenters. The molecule has 1 fully saturated rings. The highest BCUT2D eigenvalue weighted by atomic mass is 32.2. The van der Waals surface area contributed by atoms with Gasteiger partial charge in [-0.1, -0.05) is 36.4 Å². The van der Waals surface area contributed by atoms with E-state index in [4.69, 9.17) is 4.74 Å². The molecular formula is C14H14O4S. The molecule has 0 aliphatic carbocycles. The summed E-state index contributed by atoms with van der Waals surface area (Å²) in [5.41, 5.74) is 0. The van der Waals surface area contributed by atoms with Crippen LogP contribution < -0.4 is 4.74 Å². The number of benzene rings is 2. The summed E-state index contributed by atoms with van der Waals surface area (Å²) in [4.78, 5) is 0. The maximum absolute atomic E-state index is 11.5. The minimum atomic E-state index is -3.19. The fraction of sp³-hybridized carbons (Fsp3) is 0.286. The van der Waals surface area contributed by atoms with Crippen molar-refractivity contribution < 1.29 is 18.3 Å². The predicted octanol–water partition coefficient (Wildman–Crippen LogP) is 1.38. The Hall–Kier alpha value is -1.59. The molecule has 1 saturated heterocycles. The van der Waals surface area contributed by atoms with Gasteiger partial charge in [0.05, 0.1) is 11.5 Å². The number of ether oxygens (including phenoxy) is 1. The Morgan fingerprint density at radius 1 is 1.05 bits per heavy atom. The number of sulfone groups is 1. The van der Waals surface area contributed by atoms with Gasteiger partial charge in [-0.25, -0.2) is 8.42 Å². The molecule has 1 aliphatic heterocycles. The molecule has 19 heavy (non-hydrogen) atoms. The van der Waals surface area contributed by atoms with Gasteiger partial charge in [-0.2, -0.15) is 0 Å². The first-order valence-electron chi connectivity index (χ1n) is 6.08. The van der Waals surface area contributed by atoms with Crippen LogP contribution >= 0.6 is 0 Å². The van der Waals surface area contributed by atoms with Crippen LogP contribution in [0, 0.1) is 0 Å². The molecule has 0 spiro atoms. The van der Waals surface area contributed by atoms with Crippen LogP contribution in [0.4, 0.5) is 0 Å². The van der Waals surface area contributed by atoms with Gasteiger partial charge < -0.3 is 9.84 Å². The highest BCUT2D eigenvalue weighted by Crippen LogP contribution is 2.28. The predicted molar refractivity (Wildman–Crippen MR) is 73.0 cm³/mol. The lowest BCUT2D eigenvalue weighted by atomic mass is 10.1. The summed E-state index contributed by atoms with van der Waals surface area (Å²) in [7, 11) is -3.19. The number of hydrogen-bond acceptors (Lipinski definition) is 4. The lowest BCUT2D eigenvalue weighted by Crippen LogP contribution is -2.29. The Kier molecular flexibility index (Phi) is 2.95. The van der Waals surface area contributed by atoms with Crippen molar-refractivity contribution in [1.29, 1.82) is 0 Å². The normalized spacial score (nSPS) is 25.5. The van der Waals surface area contributed by atoms with Crippen LogP contribution in [-0.2, 0) is 9.84 Å². The van der Waals surface area contributed by atoms with Crippen molar-refractivity contribution in [3.8, 4) is 5.75 Å². The van der Waals surface area contributed by atoms with Crippen LogP contribution in [0.1, 0.15) is 0 Å². The Bertz CT molecular complexity index is 703. The largest absolute Gasteiger partial charge is 0.486 e. The van der Waals surface area contributed by atoms with Crippen LogP contribution in [0.5, 0.6) is 5.75 Å². The topological polar surface area (TPSA) is 63.6 Å². The highest BCUT2D eigenvalue weighted by Gasteiger charge is 2.38. The monoisotopic (exact) mass is 278 g/mol. The van der Waals surface area contributed by atoms with Crippen LogP contribution in [0.3, 0.4) is 0 Å². The molecule has 1 aliphatic rings. The third-order valence-electron chi connectivity index (χ3n) is 3.30. The maximum atomic E-state index is 11.5. The minimum absolute atomic E-state index is 0.128. The molecule has 2 aromatic carbocycles.